The van der Waals surface area contributed by atoms with Crippen molar-refractivity contribution >= 4 is 0 Å². The molecule has 1 atom stereocenters. The van der Waals surface area contributed by atoms with Gasteiger partial charge in [0.15, 0.2) is 0 Å². The first-order valence-electron chi connectivity index (χ1n) is 6.97. The third kappa shape index (κ3) is 2.55. The fourth-order valence-corrected chi connectivity index (χ4v) is 2.30. The smallest absolute Gasteiger partial charge is 0.127 e. The van der Waals surface area contributed by atoms with Gasteiger partial charge in [0.1, 0.15) is 11.4 Å². The summed E-state index contributed by atoms with van der Waals surface area (Å²) in [5.41, 5.74) is 6.26. The molecule has 0 aliphatic heterocycles. The Morgan fingerprint density at radius 2 is 1.60 bits per heavy atom. The Balaban J connectivity index is 1.88. The summed E-state index contributed by atoms with van der Waals surface area (Å²) in [6, 6.07) is 17.1. The van der Waals surface area contributed by atoms with Gasteiger partial charge in [-0.3, -0.25) is 0 Å². The Hall–Kier alpha value is -1.84. The molecule has 0 heterocycles. The van der Waals surface area contributed by atoms with Gasteiger partial charge in [0.25, 0.3) is 0 Å². The molecule has 0 aromatic heterocycles. The lowest BCUT2D eigenvalue weighted by Crippen LogP contribution is -2.36. The summed E-state index contributed by atoms with van der Waals surface area (Å²) in [7, 11) is 0. The predicted octanol–water partition coefficient (Wildman–Crippen LogP) is 2.42. The largest absolute Gasteiger partial charge is 0.490 e. The zero-order valence-corrected chi connectivity index (χ0v) is 11.3. The van der Waals surface area contributed by atoms with Crippen LogP contribution in [0.25, 0.3) is 0 Å². The maximum Gasteiger partial charge on any atom is 0.127 e. The SMILES string of the molecule is NCC(O)(c1ccccc1)c1ccc(OC2CC2)cc1. The minimum atomic E-state index is -1.15. The number of aliphatic hydroxyl groups is 1. The van der Waals surface area contributed by atoms with Crippen molar-refractivity contribution in [3.05, 3.63) is 65.7 Å². The molecular weight excluding hydrogens is 250 g/mol. The monoisotopic (exact) mass is 269 g/mol. The van der Waals surface area contributed by atoms with E-state index in [2.05, 4.69) is 0 Å². The zero-order valence-electron chi connectivity index (χ0n) is 11.3. The van der Waals surface area contributed by atoms with Crippen LogP contribution in [0.3, 0.4) is 0 Å². The Kier molecular flexibility index (Phi) is 3.47. The van der Waals surface area contributed by atoms with Crippen LogP contribution in [-0.2, 0) is 5.60 Å². The summed E-state index contributed by atoms with van der Waals surface area (Å²) in [4.78, 5) is 0. The lowest BCUT2D eigenvalue weighted by Gasteiger charge is -2.28. The van der Waals surface area contributed by atoms with Crippen molar-refractivity contribution in [2.24, 2.45) is 5.73 Å². The van der Waals surface area contributed by atoms with E-state index < -0.39 is 5.60 Å². The molecule has 0 spiro atoms. The molecule has 0 bridgehead atoms. The van der Waals surface area contributed by atoms with Gasteiger partial charge in [-0.05, 0) is 36.1 Å². The van der Waals surface area contributed by atoms with E-state index in [9.17, 15) is 5.11 Å². The molecule has 20 heavy (non-hydrogen) atoms. The van der Waals surface area contributed by atoms with Crippen molar-refractivity contribution in [1.29, 1.82) is 0 Å². The van der Waals surface area contributed by atoms with E-state index in [1.165, 1.54) is 0 Å². The van der Waals surface area contributed by atoms with Crippen molar-refractivity contribution in [3.8, 4) is 5.75 Å². The van der Waals surface area contributed by atoms with Crippen LogP contribution in [0.15, 0.2) is 54.6 Å². The summed E-state index contributed by atoms with van der Waals surface area (Å²) in [5, 5.41) is 10.9. The van der Waals surface area contributed by atoms with Crippen LogP contribution in [0.2, 0.25) is 0 Å². The fraction of sp³-hybridized carbons (Fsp3) is 0.294. The van der Waals surface area contributed by atoms with Gasteiger partial charge in [-0.2, -0.15) is 0 Å². The summed E-state index contributed by atoms with van der Waals surface area (Å²) in [6.45, 7) is 0.139. The van der Waals surface area contributed by atoms with E-state index in [1.54, 1.807) is 0 Å². The van der Waals surface area contributed by atoms with Gasteiger partial charge in [0, 0.05) is 6.54 Å². The molecular formula is C17H19NO2. The Morgan fingerprint density at radius 3 is 2.15 bits per heavy atom. The van der Waals surface area contributed by atoms with Gasteiger partial charge < -0.3 is 15.6 Å². The van der Waals surface area contributed by atoms with E-state index in [1.807, 2.05) is 54.6 Å². The Bertz CT molecular complexity index is 563. The molecule has 1 saturated carbocycles. The molecule has 2 aromatic carbocycles. The quantitative estimate of drug-likeness (QED) is 0.876. The maximum atomic E-state index is 10.9. The topological polar surface area (TPSA) is 55.5 Å². The number of hydrogen-bond donors (Lipinski definition) is 2. The van der Waals surface area contributed by atoms with Crippen LogP contribution in [0, 0.1) is 0 Å². The molecule has 0 saturated heterocycles. The normalized spacial score (nSPS) is 17.5. The summed E-state index contributed by atoms with van der Waals surface area (Å²) >= 11 is 0. The predicted molar refractivity (Wildman–Crippen MR) is 78.6 cm³/mol. The lowest BCUT2D eigenvalue weighted by atomic mass is 9.86. The van der Waals surface area contributed by atoms with E-state index in [0.29, 0.717) is 6.10 Å². The van der Waals surface area contributed by atoms with Gasteiger partial charge in [-0.1, -0.05) is 42.5 Å². The number of benzene rings is 2. The van der Waals surface area contributed by atoms with Gasteiger partial charge in [0.2, 0.25) is 0 Å². The molecule has 1 fully saturated rings. The minimum absolute atomic E-state index is 0.139. The van der Waals surface area contributed by atoms with E-state index in [4.69, 9.17) is 10.5 Å². The molecule has 0 radical (unpaired) electrons. The molecule has 1 unspecified atom stereocenters. The van der Waals surface area contributed by atoms with Gasteiger partial charge in [-0.25, -0.2) is 0 Å². The minimum Gasteiger partial charge on any atom is -0.490 e. The second-order valence-corrected chi connectivity index (χ2v) is 5.27. The number of nitrogens with two attached hydrogens (primary N) is 1. The van der Waals surface area contributed by atoms with Gasteiger partial charge in [0.05, 0.1) is 6.10 Å². The van der Waals surface area contributed by atoms with Crippen molar-refractivity contribution in [2.75, 3.05) is 6.54 Å². The van der Waals surface area contributed by atoms with Crippen molar-refractivity contribution in [1.82, 2.24) is 0 Å². The van der Waals surface area contributed by atoms with Crippen LogP contribution in [0.4, 0.5) is 0 Å². The number of hydrogen-bond acceptors (Lipinski definition) is 3. The molecule has 3 heteroatoms. The first-order chi connectivity index (χ1) is 9.72. The molecule has 104 valence electrons. The second-order valence-electron chi connectivity index (χ2n) is 5.27. The van der Waals surface area contributed by atoms with E-state index >= 15 is 0 Å². The molecule has 3 rings (SSSR count). The third-order valence-corrected chi connectivity index (χ3v) is 3.71. The van der Waals surface area contributed by atoms with E-state index in [-0.39, 0.29) is 6.54 Å². The third-order valence-electron chi connectivity index (χ3n) is 3.71. The highest BCUT2D eigenvalue weighted by Crippen LogP contribution is 2.31. The molecule has 3 N–H and O–H groups in total. The van der Waals surface area contributed by atoms with Crippen molar-refractivity contribution in [2.45, 2.75) is 24.5 Å². The number of rotatable bonds is 5. The van der Waals surface area contributed by atoms with Gasteiger partial charge in [-0.15, -0.1) is 0 Å². The first kappa shape index (κ1) is 13.2. The fourth-order valence-electron chi connectivity index (χ4n) is 2.30. The molecule has 1 aliphatic carbocycles. The van der Waals surface area contributed by atoms with Crippen molar-refractivity contribution in [3.63, 3.8) is 0 Å². The van der Waals surface area contributed by atoms with Crippen molar-refractivity contribution < 1.29 is 9.84 Å². The molecule has 0 amide bonds. The molecule has 1 aliphatic rings. The maximum absolute atomic E-state index is 10.9. The average Bonchev–Trinajstić information content (AvgIpc) is 3.32. The van der Waals surface area contributed by atoms with Crippen LogP contribution in [0.1, 0.15) is 24.0 Å². The average molecular weight is 269 g/mol. The van der Waals surface area contributed by atoms with Crippen LogP contribution in [0.5, 0.6) is 5.75 Å². The number of ether oxygens (including phenoxy) is 1. The molecule has 2 aromatic rings. The zero-order chi connectivity index (χ0) is 14.0. The van der Waals surface area contributed by atoms with Crippen LogP contribution < -0.4 is 10.5 Å². The second kappa shape index (κ2) is 5.27. The summed E-state index contributed by atoms with van der Waals surface area (Å²) in [5.74, 6) is 0.851. The highest BCUT2D eigenvalue weighted by atomic mass is 16.5. The first-order valence-corrected chi connectivity index (χ1v) is 6.97. The highest BCUT2D eigenvalue weighted by Gasteiger charge is 2.30. The van der Waals surface area contributed by atoms with Crippen LogP contribution in [-0.4, -0.2) is 17.8 Å². The molecule has 3 nitrogen and oxygen atoms in total. The van der Waals surface area contributed by atoms with E-state index in [0.717, 1.165) is 29.7 Å². The summed E-state index contributed by atoms with van der Waals surface area (Å²) < 4.78 is 5.72. The van der Waals surface area contributed by atoms with Gasteiger partial charge >= 0.3 is 0 Å². The summed E-state index contributed by atoms with van der Waals surface area (Å²) in [6.07, 6.45) is 2.65. The van der Waals surface area contributed by atoms with Crippen LogP contribution >= 0.6 is 0 Å². The highest BCUT2D eigenvalue weighted by molar-refractivity contribution is 5.39. The Morgan fingerprint density at radius 1 is 1.00 bits per heavy atom. The Labute approximate surface area is 119 Å². The standard InChI is InChI=1S/C17H19NO2/c18-12-17(19,13-4-2-1-3-5-13)14-6-8-15(9-7-14)20-16-10-11-16/h1-9,16,19H,10-12,18H2. The lowest BCUT2D eigenvalue weighted by molar-refractivity contribution is 0.0901.